The minimum Gasteiger partial charge on any atom is -0.358 e. The van der Waals surface area contributed by atoms with Crippen molar-refractivity contribution in [2.24, 2.45) is 0 Å². The molecule has 0 bridgehead atoms. The van der Waals surface area contributed by atoms with Gasteiger partial charge >= 0.3 is 0 Å². The minimum atomic E-state index is -0.233. The number of hydrogen-bond donors (Lipinski definition) is 0. The number of hydrogen-bond acceptors (Lipinski definition) is 5. The van der Waals surface area contributed by atoms with Crippen LogP contribution in [0.5, 0.6) is 0 Å². The molecule has 1 fully saturated rings. The van der Waals surface area contributed by atoms with Gasteiger partial charge in [-0.1, -0.05) is 24.3 Å². The predicted octanol–water partition coefficient (Wildman–Crippen LogP) is 2.34. The van der Waals surface area contributed by atoms with Gasteiger partial charge in [0.2, 0.25) is 5.91 Å². The number of rotatable bonds is 6. The second kappa shape index (κ2) is 9.48. The van der Waals surface area contributed by atoms with Gasteiger partial charge in [-0.3, -0.25) is 14.5 Å². The van der Waals surface area contributed by atoms with Crippen molar-refractivity contribution in [3.63, 3.8) is 0 Å². The molecule has 0 spiro atoms. The Morgan fingerprint density at radius 3 is 2.41 bits per heavy atom. The SMILES string of the molecule is CN(C)c1nc2ccccc2n(CCC(=O)N2CCN(Cc3ccc(F)cc3)CC2)c1=O. The summed E-state index contributed by atoms with van der Waals surface area (Å²) in [6.45, 7) is 3.90. The molecule has 1 aliphatic heterocycles. The summed E-state index contributed by atoms with van der Waals surface area (Å²) >= 11 is 0. The van der Waals surface area contributed by atoms with Crippen LogP contribution in [0, 0.1) is 5.82 Å². The average molecular weight is 438 g/mol. The highest BCUT2D eigenvalue weighted by Crippen LogP contribution is 2.15. The normalized spacial score (nSPS) is 14.7. The van der Waals surface area contributed by atoms with Crippen LogP contribution in [0.15, 0.2) is 53.3 Å². The van der Waals surface area contributed by atoms with Crippen LogP contribution in [-0.2, 0) is 17.9 Å². The summed E-state index contributed by atoms with van der Waals surface area (Å²) in [4.78, 5) is 36.1. The molecule has 0 radical (unpaired) electrons. The van der Waals surface area contributed by atoms with Gasteiger partial charge in [0.05, 0.1) is 11.0 Å². The van der Waals surface area contributed by atoms with Crippen molar-refractivity contribution in [3.05, 3.63) is 70.3 Å². The molecule has 168 valence electrons. The third-order valence-corrected chi connectivity index (χ3v) is 5.85. The largest absolute Gasteiger partial charge is 0.358 e. The van der Waals surface area contributed by atoms with E-state index in [9.17, 15) is 14.0 Å². The molecule has 1 aliphatic rings. The third kappa shape index (κ3) is 4.80. The van der Waals surface area contributed by atoms with E-state index in [2.05, 4.69) is 9.88 Å². The Kier molecular flexibility index (Phi) is 6.50. The van der Waals surface area contributed by atoms with E-state index in [0.29, 0.717) is 25.5 Å². The van der Waals surface area contributed by atoms with Crippen molar-refractivity contribution in [2.45, 2.75) is 19.5 Å². The molecule has 0 N–H and O–H groups in total. The Balaban J connectivity index is 1.38. The maximum Gasteiger partial charge on any atom is 0.293 e. The number of para-hydroxylation sites is 2. The minimum absolute atomic E-state index is 0.0469. The molecular formula is C24H28FN5O2. The van der Waals surface area contributed by atoms with Crippen molar-refractivity contribution in [1.82, 2.24) is 19.4 Å². The van der Waals surface area contributed by atoms with Gasteiger partial charge in [0, 0.05) is 59.8 Å². The van der Waals surface area contributed by atoms with Crippen LogP contribution in [0.3, 0.4) is 0 Å². The highest BCUT2D eigenvalue weighted by Gasteiger charge is 2.22. The molecule has 0 atom stereocenters. The molecule has 4 rings (SSSR count). The number of halogens is 1. The average Bonchev–Trinajstić information content (AvgIpc) is 2.80. The first-order valence-electron chi connectivity index (χ1n) is 10.8. The summed E-state index contributed by atoms with van der Waals surface area (Å²) in [7, 11) is 3.58. The Bertz CT molecular complexity index is 1150. The van der Waals surface area contributed by atoms with Gasteiger partial charge in [-0.05, 0) is 29.8 Å². The second-order valence-electron chi connectivity index (χ2n) is 8.31. The van der Waals surface area contributed by atoms with Crippen LogP contribution in [0.2, 0.25) is 0 Å². The van der Waals surface area contributed by atoms with Gasteiger partial charge in [0.25, 0.3) is 5.56 Å². The molecule has 0 saturated carbocycles. The third-order valence-electron chi connectivity index (χ3n) is 5.85. The Morgan fingerprint density at radius 2 is 1.72 bits per heavy atom. The van der Waals surface area contributed by atoms with Crippen LogP contribution < -0.4 is 10.5 Å². The van der Waals surface area contributed by atoms with Crippen LogP contribution in [0.25, 0.3) is 11.0 Å². The number of amides is 1. The maximum atomic E-state index is 13.1. The fourth-order valence-electron chi connectivity index (χ4n) is 4.06. The van der Waals surface area contributed by atoms with Crippen molar-refractivity contribution in [3.8, 4) is 0 Å². The van der Waals surface area contributed by atoms with Crippen molar-refractivity contribution < 1.29 is 9.18 Å². The Labute approximate surface area is 186 Å². The lowest BCUT2D eigenvalue weighted by Gasteiger charge is -2.35. The number of piperazine rings is 1. The molecule has 8 heteroatoms. The number of carbonyl (C=O) groups is 1. The van der Waals surface area contributed by atoms with E-state index in [1.165, 1.54) is 12.1 Å². The van der Waals surface area contributed by atoms with Gasteiger partial charge in [-0.2, -0.15) is 0 Å². The lowest BCUT2D eigenvalue weighted by Crippen LogP contribution is -2.48. The van der Waals surface area contributed by atoms with Gasteiger partial charge in [-0.15, -0.1) is 0 Å². The van der Waals surface area contributed by atoms with Crippen molar-refractivity contribution in [2.75, 3.05) is 45.2 Å². The van der Waals surface area contributed by atoms with Crippen LogP contribution in [-0.4, -0.2) is 65.5 Å². The smallest absolute Gasteiger partial charge is 0.293 e. The van der Waals surface area contributed by atoms with Gasteiger partial charge in [0.1, 0.15) is 5.82 Å². The van der Waals surface area contributed by atoms with Crippen molar-refractivity contribution >= 4 is 22.8 Å². The van der Waals surface area contributed by atoms with E-state index < -0.39 is 0 Å². The van der Waals surface area contributed by atoms with Crippen molar-refractivity contribution in [1.29, 1.82) is 0 Å². The number of benzene rings is 2. The van der Waals surface area contributed by atoms with Gasteiger partial charge in [-0.25, -0.2) is 9.37 Å². The zero-order valence-electron chi connectivity index (χ0n) is 18.5. The summed E-state index contributed by atoms with van der Waals surface area (Å²) in [5, 5.41) is 0. The topological polar surface area (TPSA) is 61.7 Å². The Morgan fingerprint density at radius 1 is 1.03 bits per heavy atom. The Hall–Kier alpha value is -3.26. The van der Waals surface area contributed by atoms with E-state index in [0.717, 1.165) is 36.2 Å². The highest BCUT2D eigenvalue weighted by molar-refractivity contribution is 5.78. The summed E-state index contributed by atoms with van der Waals surface area (Å²) in [6, 6.07) is 14.0. The van der Waals surface area contributed by atoms with Gasteiger partial charge < -0.3 is 14.4 Å². The summed E-state index contributed by atoms with van der Waals surface area (Å²) in [5.74, 6) is 0.180. The standard InChI is InChI=1S/C24H28FN5O2/c1-27(2)23-24(32)30(21-6-4-3-5-20(21)26-23)12-11-22(31)29-15-13-28(14-16-29)17-18-7-9-19(25)10-8-18/h3-10H,11-17H2,1-2H3. The molecular weight excluding hydrogens is 409 g/mol. The number of anilines is 1. The molecule has 32 heavy (non-hydrogen) atoms. The quantitative estimate of drug-likeness (QED) is 0.593. The molecule has 1 saturated heterocycles. The number of carbonyl (C=O) groups excluding carboxylic acids is 1. The highest BCUT2D eigenvalue weighted by atomic mass is 19.1. The molecule has 1 aromatic heterocycles. The zero-order valence-corrected chi connectivity index (χ0v) is 18.5. The zero-order chi connectivity index (χ0) is 22.7. The van der Waals surface area contributed by atoms with E-state index >= 15 is 0 Å². The molecule has 7 nitrogen and oxygen atoms in total. The molecule has 0 aliphatic carbocycles. The maximum absolute atomic E-state index is 13.1. The lowest BCUT2D eigenvalue weighted by molar-refractivity contribution is -0.133. The molecule has 1 amide bonds. The number of nitrogens with zero attached hydrogens (tertiary/aromatic N) is 5. The predicted molar refractivity (Wildman–Crippen MR) is 123 cm³/mol. The van der Waals surface area contributed by atoms with E-state index in [1.807, 2.05) is 29.2 Å². The monoisotopic (exact) mass is 437 g/mol. The fraction of sp³-hybridized carbons (Fsp3) is 0.375. The summed E-state index contributed by atoms with van der Waals surface area (Å²) < 4.78 is 14.7. The van der Waals surface area contributed by atoms with Gasteiger partial charge in [0.15, 0.2) is 5.82 Å². The number of aryl methyl sites for hydroxylation is 1. The first-order valence-corrected chi connectivity index (χ1v) is 10.8. The molecule has 2 aromatic carbocycles. The number of aromatic nitrogens is 2. The molecule has 0 unspecified atom stereocenters. The summed E-state index contributed by atoms with van der Waals surface area (Å²) in [5.41, 5.74) is 2.34. The molecule has 2 heterocycles. The second-order valence-corrected chi connectivity index (χ2v) is 8.31. The molecule has 3 aromatic rings. The van der Waals surface area contributed by atoms with Crippen LogP contribution in [0.4, 0.5) is 10.2 Å². The van der Waals surface area contributed by atoms with Crippen LogP contribution in [0.1, 0.15) is 12.0 Å². The fourth-order valence-corrected chi connectivity index (χ4v) is 4.06. The summed E-state index contributed by atoms with van der Waals surface area (Å²) in [6.07, 6.45) is 0.263. The first kappa shape index (κ1) is 22.0. The van der Waals surface area contributed by atoms with E-state index in [-0.39, 0.29) is 23.7 Å². The van der Waals surface area contributed by atoms with E-state index in [1.54, 1.807) is 35.7 Å². The number of fused-ring (bicyclic) bond motifs is 1. The lowest BCUT2D eigenvalue weighted by atomic mass is 10.2. The van der Waals surface area contributed by atoms with E-state index in [4.69, 9.17) is 0 Å². The first-order chi connectivity index (χ1) is 15.4. The van der Waals surface area contributed by atoms with Crippen LogP contribution >= 0.6 is 0 Å².